The molecule has 3 aromatic heterocycles. The second-order valence-electron chi connectivity index (χ2n) is 7.67. The van der Waals surface area contributed by atoms with Crippen molar-refractivity contribution in [2.75, 3.05) is 23.3 Å². The molecule has 3 aliphatic heterocycles. The molecule has 6 heterocycles. The number of rotatable bonds is 3. The monoisotopic (exact) mass is 493 g/mol. The lowest BCUT2D eigenvalue weighted by molar-refractivity contribution is -0.192. The van der Waals surface area contributed by atoms with E-state index in [4.69, 9.17) is 20.1 Å². The van der Waals surface area contributed by atoms with E-state index in [1.807, 2.05) is 12.3 Å². The van der Waals surface area contributed by atoms with Crippen LogP contribution in [0.25, 0.3) is 5.65 Å². The minimum Gasteiger partial charge on any atom is -0.475 e. The second kappa shape index (κ2) is 9.27. The summed E-state index contributed by atoms with van der Waals surface area (Å²) >= 11 is 1.38. The Kier molecular flexibility index (Phi) is 6.40. The first-order valence-electron chi connectivity index (χ1n) is 10.1. The van der Waals surface area contributed by atoms with Crippen molar-refractivity contribution in [1.29, 1.82) is 5.26 Å². The fourth-order valence-corrected chi connectivity index (χ4v) is 4.54. The van der Waals surface area contributed by atoms with Gasteiger partial charge in [0, 0.05) is 42.1 Å². The molecule has 178 valence electrons. The molecule has 10 nitrogen and oxygen atoms in total. The Bertz CT molecular complexity index is 1260. The molecule has 2 unspecified atom stereocenters. The van der Waals surface area contributed by atoms with E-state index in [1.165, 1.54) is 24.0 Å². The third-order valence-electron chi connectivity index (χ3n) is 5.51. The number of halogens is 3. The molecule has 0 radical (unpaired) electrons. The van der Waals surface area contributed by atoms with Crippen LogP contribution in [0.1, 0.15) is 28.8 Å². The molecule has 0 saturated carbocycles. The van der Waals surface area contributed by atoms with Gasteiger partial charge in [-0.25, -0.2) is 14.3 Å². The van der Waals surface area contributed by atoms with Gasteiger partial charge in [-0.1, -0.05) is 0 Å². The topological polar surface area (TPSA) is 136 Å². The first kappa shape index (κ1) is 23.5. The predicted molar refractivity (Wildman–Crippen MR) is 116 cm³/mol. The SMILES string of the molecule is N#Cc1cscc1NC(=O)c1cnn2ccc(N3CC4CCC3CN4)nc12.O=C(O)C(F)(F)F. The van der Waals surface area contributed by atoms with Crippen molar-refractivity contribution in [3.05, 3.63) is 40.3 Å². The molecule has 34 heavy (non-hydrogen) atoms. The Morgan fingerprint density at radius 2 is 2.09 bits per heavy atom. The van der Waals surface area contributed by atoms with Crippen molar-refractivity contribution in [3.63, 3.8) is 0 Å². The van der Waals surface area contributed by atoms with Crippen molar-refractivity contribution < 1.29 is 27.9 Å². The molecule has 0 aromatic carbocycles. The van der Waals surface area contributed by atoms with E-state index in [1.54, 1.807) is 15.3 Å². The van der Waals surface area contributed by atoms with Gasteiger partial charge < -0.3 is 20.6 Å². The van der Waals surface area contributed by atoms with Crippen LogP contribution in [0, 0.1) is 11.3 Å². The molecule has 14 heteroatoms. The van der Waals surface area contributed by atoms with Gasteiger partial charge in [0.25, 0.3) is 5.91 Å². The van der Waals surface area contributed by atoms with Crippen molar-refractivity contribution in [2.45, 2.75) is 31.1 Å². The van der Waals surface area contributed by atoms with E-state index in [-0.39, 0.29) is 5.91 Å². The number of aromatic nitrogens is 3. The lowest BCUT2D eigenvalue weighted by Crippen LogP contribution is -2.61. The Morgan fingerprint density at radius 3 is 2.68 bits per heavy atom. The third-order valence-corrected chi connectivity index (χ3v) is 6.26. The molecule has 3 aromatic rings. The van der Waals surface area contributed by atoms with Gasteiger partial charge in [-0.15, -0.1) is 11.3 Å². The van der Waals surface area contributed by atoms with E-state index in [9.17, 15) is 18.0 Å². The Balaban J connectivity index is 0.000000344. The number of carboxylic acid groups (broad SMARTS) is 1. The van der Waals surface area contributed by atoms with Crippen LogP contribution >= 0.6 is 11.3 Å². The highest BCUT2D eigenvalue weighted by atomic mass is 32.1. The number of hydrogen-bond donors (Lipinski definition) is 3. The summed E-state index contributed by atoms with van der Waals surface area (Å²) in [6.07, 6.45) is 0.636. The number of nitrogens with zero attached hydrogens (tertiary/aromatic N) is 5. The summed E-state index contributed by atoms with van der Waals surface area (Å²) in [5, 5.41) is 30.3. The van der Waals surface area contributed by atoms with Crippen LogP contribution in [0.3, 0.4) is 0 Å². The second-order valence-corrected chi connectivity index (χ2v) is 8.41. The van der Waals surface area contributed by atoms with Crippen LogP contribution in [0.15, 0.2) is 29.2 Å². The number of nitrogens with one attached hydrogen (secondary N) is 2. The van der Waals surface area contributed by atoms with Crippen molar-refractivity contribution in [2.24, 2.45) is 0 Å². The van der Waals surface area contributed by atoms with Gasteiger partial charge in [-0.2, -0.15) is 23.5 Å². The number of thiophene rings is 1. The molecule has 3 aliphatic rings. The summed E-state index contributed by atoms with van der Waals surface area (Å²) in [4.78, 5) is 28.7. The molecule has 2 atom stereocenters. The molecule has 0 spiro atoms. The molecular formula is C20H18F3N7O3S. The van der Waals surface area contributed by atoms with Crippen LogP contribution in [-0.2, 0) is 4.79 Å². The number of nitriles is 1. The molecular weight excluding hydrogens is 475 g/mol. The minimum absolute atomic E-state index is 0.314. The Morgan fingerprint density at radius 1 is 1.32 bits per heavy atom. The van der Waals surface area contributed by atoms with Crippen LogP contribution < -0.4 is 15.5 Å². The van der Waals surface area contributed by atoms with Crippen molar-refractivity contribution in [3.8, 4) is 6.07 Å². The minimum atomic E-state index is -5.08. The average molecular weight is 493 g/mol. The lowest BCUT2D eigenvalue weighted by atomic mass is 9.93. The Labute approximate surface area is 194 Å². The number of piperidine rings is 2. The summed E-state index contributed by atoms with van der Waals surface area (Å²) in [5.41, 5.74) is 1.89. The molecule has 3 N–H and O–H groups in total. The van der Waals surface area contributed by atoms with Crippen molar-refractivity contribution >= 4 is 40.4 Å². The highest BCUT2D eigenvalue weighted by molar-refractivity contribution is 7.08. The zero-order chi connectivity index (χ0) is 24.5. The summed E-state index contributed by atoms with van der Waals surface area (Å²) in [6.45, 7) is 1.91. The van der Waals surface area contributed by atoms with Gasteiger partial charge in [0.05, 0.1) is 17.4 Å². The van der Waals surface area contributed by atoms with E-state index in [2.05, 4.69) is 26.7 Å². The summed E-state index contributed by atoms with van der Waals surface area (Å²) in [5.74, 6) is -2.19. The molecule has 3 fully saturated rings. The number of alkyl halides is 3. The number of piperazine rings is 1. The zero-order valence-electron chi connectivity index (χ0n) is 17.4. The summed E-state index contributed by atoms with van der Waals surface area (Å²) in [7, 11) is 0. The number of carboxylic acids is 1. The fraction of sp³-hybridized carbons (Fsp3) is 0.350. The maximum atomic E-state index is 12.7. The summed E-state index contributed by atoms with van der Waals surface area (Å²) in [6, 6.07) is 4.97. The number of hydrogen-bond acceptors (Lipinski definition) is 8. The Hall–Kier alpha value is -3.70. The van der Waals surface area contributed by atoms with Crippen LogP contribution in [0.4, 0.5) is 24.7 Å². The van der Waals surface area contributed by atoms with Gasteiger partial charge >= 0.3 is 12.1 Å². The number of amides is 1. The van der Waals surface area contributed by atoms with E-state index in [0.29, 0.717) is 34.5 Å². The van der Waals surface area contributed by atoms with Crippen LogP contribution in [0.5, 0.6) is 0 Å². The van der Waals surface area contributed by atoms with E-state index in [0.717, 1.165) is 25.3 Å². The third kappa shape index (κ3) is 4.80. The molecule has 2 bridgehead atoms. The smallest absolute Gasteiger partial charge is 0.475 e. The van der Waals surface area contributed by atoms with Gasteiger partial charge in [0.15, 0.2) is 5.65 Å². The molecule has 6 rings (SSSR count). The van der Waals surface area contributed by atoms with Crippen LogP contribution in [0.2, 0.25) is 0 Å². The first-order chi connectivity index (χ1) is 16.2. The maximum Gasteiger partial charge on any atom is 0.490 e. The van der Waals surface area contributed by atoms with Gasteiger partial charge in [0.1, 0.15) is 17.5 Å². The molecule has 1 amide bonds. The highest BCUT2D eigenvalue weighted by Gasteiger charge is 2.38. The van der Waals surface area contributed by atoms with E-state index < -0.39 is 12.1 Å². The fourth-order valence-electron chi connectivity index (χ4n) is 3.84. The molecule has 0 aliphatic carbocycles. The number of aliphatic carboxylic acids is 1. The quantitative estimate of drug-likeness (QED) is 0.507. The lowest BCUT2D eigenvalue weighted by Gasteiger charge is -2.46. The van der Waals surface area contributed by atoms with Gasteiger partial charge in [-0.3, -0.25) is 4.79 Å². The average Bonchev–Trinajstić information content (AvgIpc) is 3.45. The number of carbonyl (C=O) groups excluding carboxylic acids is 1. The van der Waals surface area contributed by atoms with E-state index >= 15 is 0 Å². The maximum absolute atomic E-state index is 12.7. The van der Waals surface area contributed by atoms with Gasteiger partial charge in [0.2, 0.25) is 0 Å². The van der Waals surface area contributed by atoms with Crippen molar-refractivity contribution in [1.82, 2.24) is 19.9 Å². The van der Waals surface area contributed by atoms with Gasteiger partial charge in [-0.05, 0) is 18.9 Å². The standard InChI is InChI=1S/C18H17N7OS.C2HF3O2/c19-5-11-9-27-10-15(11)22-18(26)14-7-21-25-4-3-16(23-17(14)25)24-8-12-1-2-13(24)6-20-12;3-2(4,5)1(6)7/h3-4,7,9-10,12-13,20H,1-2,6,8H2,(H,22,26);(H,6,7). The molecule has 3 saturated heterocycles. The first-order valence-corrected chi connectivity index (χ1v) is 11.0. The zero-order valence-corrected chi connectivity index (χ0v) is 18.2. The predicted octanol–water partition coefficient (Wildman–Crippen LogP) is 2.49. The number of anilines is 2. The van der Waals surface area contributed by atoms with Crippen LogP contribution in [-0.4, -0.2) is 62.9 Å². The number of fused-ring (bicyclic) bond motifs is 4. The number of carbonyl (C=O) groups is 2. The normalized spacial score (nSPS) is 19.3. The highest BCUT2D eigenvalue weighted by Crippen LogP contribution is 2.28. The summed E-state index contributed by atoms with van der Waals surface area (Å²) < 4.78 is 33.3. The largest absolute Gasteiger partial charge is 0.490 e.